The monoisotopic (exact) mass is 433 g/mol. The van der Waals surface area contributed by atoms with Gasteiger partial charge in [0.05, 0.1) is 0 Å². The number of aryl methyl sites for hydroxylation is 1. The summed E-state index contributed by atoms with van der Waals surface area (Å²) in [5, 5.41) is 5.62. The number of nitrogens with zero attached hydrogens (tertiary/aromatic N) is 1. The highest BCUT2D eigenvalue weighted by atomic mass is 16.6. The molecule has 0 bridgehead atoms. The van der Waals surface area contributed by atoms with Gasteiger partial charge >= 0.3 is 6.09 Å². The third kappa shape index (κ3) is 8.59. The van der Waals surface area contributed by atoms with Crippen molar-refractivity contribution in [3.8, 4) is 0 Å². The minimum Gasteiger partial charge on any atom is -0.444 e. The third-order valence-electron chi connectivity index (χ3n) is 4.76. The molecule has 0 spiro atoms. The van der Waals surface area contributed by atoms with Gasteiger partial charge in [0.2, 0.25) is 11.8 Å². The van der Waals surface area contributed by atoms with E-state index in [0.717, 1.165) is 24.0 Å². The summed E-state index contributed by atoms with van der Waals surface area (Å²) in [6.07, 6.45) is 1.13. The molecule has 0 fully saturated rings. The first-order valence-corrected chi connectivity index (χ1v) is 11.1. The van der Waals surface area contributed by atoms with Crippen LogP contribution in [-0.4, -0.2) is 47.0 Å². The van der Waals surface area contributed by atoms with E-state index >= 15 is 0 Å². The minimum absolute atomic E-state index is 0.00377. The van der Waals surface area contributed by atoms with Crippen LogP contribution in [0.2, 0.25) is 0 Å². The Kier molecular flexibility index (Phi) is 10.0. The third-order valence-corrected chi connectivity index (χ3v) is 4.76. The number of rotatable bonds is 9. The highest BCUT2D eigenvalue weighted by Crippen LogP contribution is 2.23. The Morgan fingerprint density at radius 2 is 1.74 bits per heavy atom. The fourth-order valence-corrected chi connectivity index (χ4v) is 3.40. The summed E-state index contributed by atoms with van der Waals surface area (Å²) in [5.74, 6) is -0.579. The van der Waals surface area contributed by atoms with Crippen LogP contribution in [0.5, 0.6) is 0 Å². The van der Waals surface area contributed by atoms with Crippen molar-refractivity contribution in [2.45, 2.75) is 92.0 Å². The van der Waals surface area contributed by atoms with Crippen LogP contribution in [0, 0.1) is 6.92 Å². The van der Waals surface area contributed by atoms with Gasteiger partial charge in [-0.2, -0.15) is 0 Å². The molecule has 1 aromatic rings. The molecule has 0 saturated heterocycles. The Labute approximate surface area is 186 Å². The quantitative estimate of drug-likeness (QED) is 0.614. The van der Waals surface area contributed by atoms with Crippen LogP contribution in [0.1, 0.15) is 78.5 Å². The molecule has 3 atom stereocenters. The van der Waals surface area contributed by atoms with Gasteiger partial charge in [0.1, 0.15) is 17.7 Å². The number of hydrogen-bond acceptors (Lipinski definition) is 4. The van der Waals surface area contributed by atoms with Crippen molar-refractivity contribution in [3.05, 3.63) is 35.4 Å². The lowest BCUT2D eigenvalue weighted by Gasteiger charge is -2.33. The van der Waals surface area contributed by atoms with E-state index < -0.39 is 23.8 Å². The smallest absolute Gasteiger partial charge is 0.408 e. The molecule has 0 heterocycles. The molecule has 0 radical (unpaired) electrons. The van der Waals surface area contributed by atoms with Gasteiger partial charge in [0.15, 0.2) is 0 Å². The van der Waals surface area contributed by atoms with Gasteiger partial charge in [-0.25, -0.2) is 4.79 Å². The highest BCUT2D eigenvalue weighted by Gasteiger charge is 2.34. The van der Waals surface area contributed by atoms with Gasteiger partial charge in [-0.05, 0) is 60.5 Å². The summed E-state index contributed by atoms with van der Waals surface area (Å²) >= 11 is 0. The molecule has 0 aliphatic carbocycles. The van der Waals surface area contributed by atoms with Gasteiger partial charge in [0, 0.05) is 12.6 Å². The van der Waals surface area contributed by atoms with Crippen molar-refractivity contribution in [1.29, 1.82) is 0 Å². The molecule has 3 unspecified atom stereocenters. The summed E-state index contributed by atoms with van der Waals surface area (Å²) in [4.78, 5) is 40.2. The number of likely N-dealkylation sites (N-methyl/N-ethyl adjacent to an activating group) is 1. The number of carbonyl (C=O) groups is 3. The number of carbonyl (C=O) groups excluding carboxylic acids is 3. The SMILES string of the molecule is CCCC(C)NC(=O)C(c1cccc(C)c1)N(CC)C(=O)C(C)NC(=O)OC(C)(C)C. The zero-order valence-electron chi connectivity index (χ0n) is 20.2. The van der Waals surface area contributed by atoms with E-state index in [4.69, 9.17) is 4.74 Å². The average molecular weight is 434 g/mol. The summed E-state index contributed by atoms with van der Waals surface area (Å²) in [7, 11) is 0. The van der Waals surface area contributed by atoms with Gasteiger partial charge in [0.25, 0.3) is 0 Å². The van der Waals surface area contributed by atoms with Crippen LogP contribution in [0.25, 0.3) is 0 Å². The van der Waals surface area contributed by atoms with Gasteiger partial charge in [-0.3, -0.25) is 9.59 Å². The van der Waals surface area contributed by atoms with E-state index in [1.807, 2.05) is 45.0 Å². The molecule has 174 valence electrons. The second-order valence-corrected chi connectivity index (χ2v) is 9.01. The van der Waals surface area contributed by atoms with E-state index in [1.165, 1.54) is 4.90 Å². The molecule has 1 aromatic carbocycles. The van der Waals surface area contributed by atoms with Crippen LogP contribution in [0.3, 0.4) is 0 Å². The van der Waals surface area contributed by atoms with Crippen molar-refractivity contribution < 1.29 is 19.1 Å². The fourth-order valence-electron chi connectivity index (χ4n) is 3.40. The maximum absolute atomic E-state index is 13.3. The Hall–Kier alpha value is -2.57. The van der Waals surface area contributed by atoms with Crippen LogP contribution < -0.4 is 10.6 Å². The van der Waals surface area contributed by atoms with Gasteiger partial charge in [-0.1, -0.05) is 43.2 Å². The largest absolute Gasteiger partial charge is 0.444 e. The van der Waals surface area contributed by atoms with Crippen molar-refractivity contribution in [1.82, 2.24) is 15.5 Å². The standard InChI is InChI=1S/C24H39N3O4/c1-9-12-17(4)25-21(28)20(19-14-11-13-16(3)15-19)27(10-2)22(29)18(5)26-23(30)31-24(6,7)8/h11,13-15,17-18,20H,9-10,12H2,1-8H3,(H,25,28)(H,26,30). The maximum atomic E-state index is 13.3. The summed E-state index contributed by atoms with van der Waals surface area (Å²) in [6.45, 7) is 15.0. The number of amides is 3. The normalized spacial score (nSPS) is 14.2. The van der Waals surface area contributed by atoms with Crippen molar-refractivity contribution >= 4 is 17.9 Å². The van der Waals surface area contributed by atoms with Crippen molar-refractivity contribution in [2.24, 2.45) is 0 Å². The predicted octanol–water partition coefficient (Wildman–Crippen LogP) is 4.10. The van der Waals surface area contributed by atoms with Crippen molar-refractivity contribution in [2.75, 3.05) is 6.54 Å². The topological polar surface area (TPSA) is 87.7 Å². The average Bonchev–Trinajstić information content (AvgIpc) is 2.63. The summed E-state index contributed by atoms with van der Waals surface area (Å²) in [5.41, 5.74) is 1.07. The Bertz CT molecular complexity index is 757. The van der Waals surface area contributed by atoms with E-state index in [0.29, 0.717) is 6.54 Å². The second-order valence-electron chi connectivity index (χ2n) is 9.01. The van der Waals surface area contributed by atoms with E-state index in [2.05, 4.69) is 17.6 Å². The van der Waals surface area contributed by atoms with E-state index in [-0.39, 0.29) is 17.9 Å². The Morgan fingerprint density at radius 3 is 2.26 bits per heavy atom. The lowest BCUT2D eigenvalue weighted by Crippen LogP contribution is -2.52. The number of benzene rings is 1. The van der Waals surface area contributed by atoms with E-state index in [1.54, 1.807) is 27.7 Å². The maximum Gasteiger partial charge on any atom is 0.408 e. The molecule has 3 amide bonds. The summed E-state index contributed by atoms with van der Waals surface area (Å²) in [6, 6.07) is 5.95. The van der Waals surface area contributed by atoms with Crippen molar-refractivity contribution in [3.63, 3.8) is 0 Å². The lowest BCUT2D eigenvalue weighted by atomic mass is 10.0. The van der Waals surface area contributed by atoms with Crippen LogP contribution in [0.15, 0.2) is 24.3 Å². The molecular weight excluding hydrogens is 394 g/mol. The Morgan fingerprint density at radius 1 is 1.10 bits per heavy atom. The molecule has 0 aliphatic rings. The zero-order valence-corrected chi connectivity index (χ0v) is 20.2. The fraction of sp³-hybridized carbons (Fsp3) is 0.625. The van der Waals surface area contributed by atoms with E-state index in [9.17, 15) is 14.4 Å². The number of ether oxygens (including phenoxy) is 1. The minimum atomic E-state index is -0.844. The molecule has 31 heavy (non-hydrogen) atoms. The molecule has 7 heteroatoms. The van der Waals surface area contributed by atoms with Crippen LogP contribution >= 0.6 is 0 Å². The molecule has 0 saturated carbocycles. The lowest BCUT2D eigenvalue weighted by molar-refractivity contribution is -0.142. The molecule has 7 nitrogen and oxygen atoms in total. The van der Waals surface area contributed by atoms with Crippen LogP contribution in [0.4, 0.5) is 4.79 Å². The van der Waals surface area contributed by atoms with Crippen LogP contribution in [-0.2, 0) is 14.3 Å². The highest BCUT2D eigenvalue weighted by molar-refractivity contribution is 5.92. The first-order chi connectivity index (χ1) is 14.4. The second kappa shape index (κ2) is 11.7. The number of hydrogen-bond donors (Lipinski definition) is 2. The molecule has 2 N–H and O–H groups in total. The molecule has 1 rings (SSSR count). The number of nitrogens with one attached hydrogen (secondary N) is 2. The van der Waals surface area contributed by atoms with Gasteiger partial charge in [-0.15, -0.1) is 0 Å². The van der Waals surface area contributed by atoms with Gasteiger partial charge < -0.3 is 20.3 Å². The number of alkyl carbamates (subject to hydrolysis) is 1. The zero-order chi connectivity index (χ0) is 23.8. The summed E-state index contributed by atoms with van der Waals surface area (Å²) < 4.78 is 5.26. The Balaban J connectivity index is 3.16. The first kappa shape index (κ1) is 26.5. The molecule has 0 aromatic heterocycles. The predicted molar refractivity (Wildman–Crippen MR) is 123 cm³/mol. The first-order valence-electron chi connectivity index (χ1n) is 11.1. The molecular formula is C24H39N3O4. The molecule has 0 aliphatic heterocycles.